The van der Waals surface area contributed by atoms with E-state index in [1.54, 1.807) is 0 Å². The van der Waals surface area contributed by atoms with Gasteiger partial charge < -0.3 is 9.84 Å². The maximum absolute atomic E-state index is 4.95. The Kier molecular flexibility index (Phi) is 3.54. The Bertz CT molecular complexity index is 412. The summed E-state index contributed by atoms with van der Waals surface area (Å²) in [5.41, 5.74) is 0.340. The molecule has 1 spiro atoms. The smallest absolute Gasteiger partial charge is 0.228 e. The van der Waals surface area contributed by atoms with E-state index < -0.39 is 0 Å². The van der Waals surface area contributed by atoms with Gasteiger partial charge in [-0.15, -0.1) is 0 Å². The minimum atomic E-state index is 0.340. The van der Waals surface area contributed by atoms with Crippen LogP contribution >= 0.6 is 11.8 Å². The van der Waals surface area contributed by atoms with Gasteiger partial charge in [0.2, 0.25) is 5.89 Å². The minimum absolute atomic E-state index is 0.340. The number of hydrogen-bond acceptors (Lipinski definition) is 5. The van der Waals surface area contributed by atoms with Gasteiger partial charge in [-0.2, -0.15) is 4.98 Å². The fourth-order valence-electron chi connectivity index (χ4n) is 2.65. The van der Waals surface area contributed by atoms with Gasteiger partial charge >= 0.3 is 0 Å². The van der Waals surface area contributed by atoms with E-state index in [1.165, 1.54) is 44.2 Å². The molecule has 0 aromatic carbocycles. The lowest BCUT2D eigenvalue weighted by atomic mass is 9.83. The molecule has 1 aromatic heterocycles. The predicted molar refractivity (Wildman–Crippen MR) is 71.7 cm³/mol. The molecule has 0 atom stereocenters. The molecule has 1 saturated heterocycles. The molecule has 6 heteroatoms. The molecule has 1 aromatic rings. The molecule has 98 valence electrons. The lowest BCUT2D eigenvalue weighted by molar-refractivity contribution is 0.303. The van der Waals surface area contributed by atoms with Gasteiger partial charge in [0, 0.05) is 17.7 Å². The number of rotatable bonds is 3. The quantitative estimate of drug-likeness (QED) is 0.906. The van der Waals surface area contributed by atoms with Crippen molar-refractivity contribution in [1.29, 1.82) is 0 Å². The molecule has 1 N–H and O–H groups in total. The van der Waals surface area contributed by atoms with Crippen LogP contribution in [0.5, 0.6) is 0 Å². The van der Waals surface area contributed by atoms with Gasteiger partial charge in [-0.25, -0.2) is 0 Å². The van der Waals surface area contributed by atoms with Crippen LogP contribution in [0.15, 0.2) is 15.8 Å². The molecule has 0 bridgehead atoms. The molecule has 2 heterocycles. The second kappa shape index (κ2) is 5.30. The second-order valence-electron chi connectivity index (χ2n) is 5.03. The molecule has 2 aliphatic rings. The van der Waals surface area contributed by atoms with Gasteiger partial charge in [0.05, 0.1) is 6.54 Å². The van der Waals surface area contributed by atoms with E-state index in [1.807, 2.05) is 11.8 Å². The van der Waals surface area contributed by atoms with Crippen LogP contribution < -0.4 is 5.32 Å². The van der Waals surface area contributed by atoms with Crippen LogP contribution in [-0.2, 0) is 6.42 Å². The zero-order valence-corrected chi connectivity index (χ0v) is 11.2. The summed E-state index contributed by atoms with van der Waals surface area (Å²) in [5.74, 6) is 1.83. The van der Waals surface area contributed by atoms with Crippen LogP contribution in [0.25, 0.3) is 0 Å². The monoisotopic (exact) mass is 266 g/mol. The van der Waals surface area contributed by atoms with Crippen LogP contribution in [0.4, 0.5) is 0 Å². The molecule has 1 aliphatic carbocycles. The van der Waals surface area contributed by atoms with Crippen molar-refractivity contribution in [2.45, 2.75) is 44.1 Å². The molecule has 5 nitrogen and oxygen atoms in total. The fourth-order valence-corrected chi connectivity index (χ4v) is 3.89. The van der Waals surface area contributed by atoms with Crippen LogP contribution in [0.1, 0.15) is 38.0 Å². The van der Waals surface area contributed by atoms with Gasteiger partial charge in [-0.1, -0.05) is 36.2 Å². The highest BCUT2D eigenvalue weighted by Gasteiger charge is 2.37. The van der Waals surface area contributed by atoms with Gasteiger partial charge in [-0.3, -0.25) is 4.99 Å². The lowest BCUT2D eigenvalue weighted by Crippen LogP contribution is -2.45. The second-order valence-corrected chi connectivity index (χ2v) is 5.99. The number of aromatic nitrogens is 2. The predicted octanol–water partition coefficient (Wildman–Crippen LogP) is 2.01. The molecule has 1 saturated carbocycles. The van der Waals surface area contributed by atoms with Crippen molar-refractivity contribution in [2.75, 3.05) is 12.3 Å². The summed E-state index contributed by atoms with van der Waals surface area (Å²) in [7, 11) is 0. The van der Waals surface area contributed by atoms with Crippen LogP contribution in [-0.4, -0.2) is 33.1 Å². The van der Waals surface area contributed by atoms with Gasteiger partial charge in [0.1, 0.15) is 0 Å². The van der Waals surface area contributed by atoms with E-state index in [9.17, 15) is 0 Å². The maximum atomic E-state index is 4.95. The molecule has 0 amide bonds. The number of thioether (sulfide) groups is 1. The number of nitrogens with zero attached hydrogens (tertiary/aromatic N) is 3. The minimum Gasteiger partial charge on any atom is -0.359 e. The average Bonchev–Trinajstić information content (AvgIpc) is 3.02. The highest BCUT2D eigenvalue weighted by molar-refractivity contribution is 8.14. The van der Waals surface area contributed by atoms with E-state index in [0.717, 1.165) is 11.6 Å². The third-order valence-corrected chi connectivity index (χ3v) is 4.86. The molecule has 2 fully saturated rings. The zero-order chi connectivity index (χ0) is 12.3. The summed E-state index contributed by atoms with van der Waals surface area (Å²) in [6.07, 6.45) is 8.83. The van der Waals surface area contributed by atoms with E-state index >= 15 is 0 Å². The van der Waals surface area contributed by atoms with Crippen molar-refractivity contribution in [3.8, 4) is 0 Å². The molecule has 0 unspecified atom stereocenters. The average molecular weight is 266 g/mol. The highest BCUT2D eigenvalue weighted by Crippen LogP contribution is 2.36. The van der Waals surface area contributed by atoms with E-state index in [-0.39, 0.29) is 0 Å². The lowest BCUT2D eigenvalue weighted by Gasteiger charge is -2.32. The summed E-state index contributed by atoms with van der Waals surface area (Å²) in [5, 5.41) is 8.31. The van der Waals surface area contributed by atoms with Crippen molar-refractivity contribution in [1.82, 2.24) is 15.5 Å². The summed E-state index contributed by atoms with van der Waals surface area (Å²) in [6, 6.07) is 0. The number of nitrogens with one attached hydrogen (secondary N) is 1. The van der Waals surface area contributed by atoms with Crippen LogP contribution in [0.3, 0.4) is 0 Å². The number of aliphatic imine (C=N–C) groups is 1. The first-order valence-corrected chi connectivity index (χ1v) is 7.56. The third kappa shape index (κ3) is 2.68. The summed E-state index contributed by atoms with van der Waals surface area (Å²) in [4.78, 5) is 8.58. The van der Waals surface area contributed by atoms with Crippen LogP contribution in [0, 0.1) is 0 Å². The summed E-state index contributed by atoms with van der Waals surface area (Å²) >= 11 is 1.86. The Morgan fingerprint density at radius 1 is 1.39 bits per heavy atom. The first kappa shape index (κ1) is 12.0. The van der Waals surface area contributed by atoms with E-state index in [2.05, 4.69) is 20.4 Å². The summed E-state index contributed by atoms with van der Waals surface area (Å²) < 4.78 is 4.95. The van der Waals surface area contributed by atoms with Gasteiger partial charge in [0.15, 0.2) is 11.5 Å². The first-order chi connectivity index (χ1) is 8.86. The van der Waals surface area contributed by atoms with Crippen molar-refractivity contribution >= 4 is 16.9 Å². The number of amidine groups is 1. The SMILES string of the molecule is c1noc(CCN=C2NC3(CCCCC3)CS2)n1. The molecular formula is C12H18N4OS. The van der Waals surface area contributed by atoms with E-state index in [0.29, 0.717) is 18.0 Å². The number of hydrogen-bond donors (Lipinski definition) is 1. The zero-order valence-electron chi connectivity index (χ0n) is 10.4. The Morgan fingerprint density at radius 2 is 2.28 bits per heavy atom. The standard InChI is InChI=1S/C12H18N4OS/c1-2-5-12(6-3-1)8-18-11(16-12)13-7-4-10-14-9-15-17-10/h9H,1-8H2,(H,13,16). The first-order valence-electron chi connectivity index (χ1n) is 6.57. The Hall–Kier alpha value is -1.04. The molecular weight excluding hydrogens is 248 g/mol. The maximum Gasteiger partial charge on any atom is 0.228 e. The van der Waals surface area contributed by atoms with E-state index in [4.69, 9.17) is 4.52 Å². The molecule has 0 radical (unpaired) electrons. The van der Waals surface area contributed by atoms with Crippen molar-refractivity contribution in [3.05, 3.63) is 12.2 Å². The Morgan fingerprint density at radius 3 is 3.06 bits per heavy atom. The van der Waals surface area contributed by atoms with Crippen molar-refractivity contribution in [2.24, 2.45) is 4.99 Å². The Balaban J connectivity index is 1.51. The Labute approximate surface area is 111 Å². The molecule has 3 rings (SSSR count). The van der Waals surface area contributed by atoms with Gasteiger partial charge in [0.25, 0.3) is 0 Å². The summed E-state index contributed by atoms with van der Waals surface area (Å²) in [6.45, 7) is 0.716. The van der Waals surface area contributed by atoms with Crippen molar-refractivity contribution in [3.63, 3.8) is 0 Å². The normalized spacial score (nSPS) is 24.6. The highest BCUT2D eigenvalue weighted by atomic mass is 32.2. The molecule has 1 aliphatic heterocycles. The van der Waals surface area contributed by atoms with Crippen molar-refractivity contribution < 1.29 is 4.52 Å². The largest absolute Gasteiger partial charge is 0.359 e. The van der Waals surface area contributed by atoms with Gasteiger partial charge in [-0.05, 0) is 12.8 Å². The topological polar surface area (TPSA) is 63.3 Å². The fraction of sp³-hybridized carbons (Fsp3) is 0.750. The molecule has 18 heavy (non-hydrogen) atoms. The van der Waals surface area contributed by atoms with Crippen LogP contribution in [0.2, 0.25) is 0 Å². The third-order valence-electron chi connectivity index (χ3n) is 3.66.